The number of nitrogens with zero attached hydrogens (tertiary/aromatic N) is 2. The van der Waals surface area contributed by atoms with Gasteiger partial charge in [0, 0.05) is 25.6 Å². The summed E-state index contributed by atoms with van der Waals surface area (Å²) in [6, 6.07) is 0.848. The number of piperidine rings is 2. The van der Waals surface area contributed by atoms with Gasteiger partial charge >= 0.3 is 0 Å². The number of ether oxygens (including phenoxy) is 1. The van der Waals surface area contributed by atoms with E-state index in [0.717, 1.165) is 6.04 Å². The zero-order chi connectivity index (χ0) is 9.54. The van der Waals surface area contributed by atoms with Crippen molar-refractivity contribution in [2.24, 2.45) is 0 Å². The monoisotopic (exact) mass is 196 g/mol. The van der Waals surface area contributed by atoms with E-state index < -0.39 is 0 Å². The lowest BCUT2D eigenvalue weighted by molar-refractivity contribution is -0.190. The van der Waals surface area contributed by atoms with E-state index in [2.05, 4.69) is 16.8 Å². The highest BCUT2D eigenvalue weighted by Gasteiger charge is 2.40. The van der Waals surface area contributed by atoms with Crippen LogP contribution in [-0.4, -0.2) is 61.3 Å². The predicted molar refractivity (Wildman–Crippen MR) is 55.4 cm³/mol. The molecule has 4 fully saturated rings. The Labute approximate surface area is 86.0 Å². The quantitative estimate of drug-likeness (QED) is 0.609. The Hall–Kier alpha value is -0.120. The van der Waals surface area contributed by atoms with Crippen LogP contribution in [-0.2, 0) is 4.74 Å². The third-order valence-corrected chi connectivity index (χ3v) is 3.99. The van der Waals surface area contributed by atoms with Crippen molar-refractivity contribution in [1.82, 2.24) is 9.80 Å². The standard InChI is InChI=1S/C11H20N2O/c1-12-4-2-9(3-5-12)13-7-10-6-11(8-13)14-10/h9-11H,2-8H2,1H3. The van der Waals surface area contributed by atoms with Crippen molar-refractivity contribution in [2.75, 3.05) is 33.2 Å². The Kier molecular flexibility index (Phi) is 2.26. The molecule has 2 unspecified atom stereocenters. The van der Waals surface area contributed by atoms with Crippen LogP contribution in [0.15, 0.2) is 0 Å². The highest BCUT2D eigenvalue weighted by molar-refractivity contribution is 4.92. The van der Waals surface area contributed by atoms with E-state index in [-0.39, 0.29) is 0 Å². The summed E-state index contributed by atoms with van der Waals surface area (Å²) in [7, 11) is 2.23. The molecule has 4 rings (SSSR count). The molecule has 0 aromatic heterocycles. The van der Waals surface area contributed by atoms with Gasteiger partial charge in [-0.1, -0.05) is 0 Å². The fourth-order valence-electron chi connectivity index (χ4n) is 3.05. The molecule has 4 aliphatic rings. The van der Waals surface area contributed by atoms with Crippen LogP contribution in [0.25, 0.3) is 0 Å². The molecule has 14 heavy (non-hydrogen) atoms. The molecule has 0 spiro atoms. The first-order chi connectivity index (χ1) is 6.81. The molecule has 0 amide bonds. The second-order valence-electron chi connectivity index (χ2n) is 5.10. The van der Waals surface area contributed by atoms with Gasteiger partial charge in [0.15, 0.2) is 0 Å². The molecular weight excluding hydrogens is 176 g/mol. The van der Waals surface area contributed by atoms with Gasteiger partial charge in [0.2, 0.25) is 0 Å². The van der Waals surface area contributed by atoms with E-state index in [0.29, 0.717) is 12.2 Å². The Bertz CT molecular complexity index is 197. The van der Waals surface area contributed by atoms with E-state index in [1.807, 2.05) is 0 Å². The molecule has 4 aliphatic heterocycles. The molecule has 3 nitrogen and oxygen atoms in total. The third kappa shape index (κ3) is 1.58. The van der Waals surface area contributed by atoms with Crippen LogP contribution in [0.5, 0.6) is 0 Å². The van der Waals surface area contributed by atoms with Crippen molar-refractivity contribution in [3.63, 3.8) is 0 Å². The lowest BCUT2D eigenvalue weighted by Gasteiger charge is -2.50. The smallest absolute Gasteiger partial charge is 0.0731 e. The summed E-state index contributed by atoms with van der Waals surface area (Å²) in [4.78, 5) is 5.12. The van der Waals surface area contributed by atoms with E-state index in [1.165, 1.54) is 45.4 Å². The molecule has 0 saturated carbocycles. The molecule has 80 valence electrons. The highest BCUT2D eigenvalue weighted by atomic mass is 16.5. The summed E-state index contributed by atoms with van der Waals surface area (Å²) < 4.78 is 5.67. The van der Waals surface area contributed by atoms with Crippen molar-refractivity contribution in [3.8, 4) is 0 Å². The number of rotatable bonds is 1. The Morgan fingerprint density at radius 1 is 1.07 bits per heavy atom. The van der Waals surface area contributed by atoms with Crippen molar-refractivity contribution in [3.05, 3.63) is 0 Å². The Balaban J connectivity index is 1.55. The molecule has 0 radical (unpaired) electrons. The highest BCUT2D eigenvalue weighted by Crippen LogP contribution is 2.30. The fourth-order valence-corrected chi connectivity index (χ4v) is 3.05. The SMILES string of the molecule is CN1CCC(N2CC3CC(C2)O3)CC1. The second kappa shape index (κ2) is 3.47. The maximum Gasteiger partial charge on any atom is 0.0731 e. The van der Waals surface area contributed by atoms with Crippen LogP contribution in [0.4, 0.5) is 0 Å². The molecule has 2 bridgehead atoms. The van der Waals surface area contributed by atoms with E-state index in [1.54, 1.807) is 0 Å². The lowest BCUT2D eigenvalue weighted by atomic mass is 9.94. The van der Waals surface area contributed by atoms with Gasteiger partial charge in [-0.05, 0) is 33.0 Å². The van der Waals surface area contributed by atoms with Crippen molar-refractivity contribution in [2.45, 2.75) is 37.5 Å². The van der Waals surface area contributed by atoms with E-state index >= 15 is 0 Å². The molecule has 0 N–H and O–H groups in total. The van der Waals surface area contributed by atoms with Crippen LogP contribution < -0.4 is 0 Å². The number of fused-ring (bicyclic) bond motifs is 2. The maximum atomic E-state index is 5.67. The van der Waals surface area contributed by atoms with Gasteiger partial charge in [0.25, 0.3) is 0 Å². The minimum absolute atomic E-state index is 0.577. The first kappa shape index (κ1) is 9.13. The summed E-state index contributed by atoms with van der Waals surface area (Å²) in [5.74, 6) is 0. The Morgan fingerprint density at radius 2 is 1.64 bits per heavy atom. The average molecular weight is 196 g/mol. The Morgan fingerprint density at radius 3 is 2.21 bits per heavy atom. The topological polar surface area (TPSA) is 15.7 Å². The van der Waals surface area contributed by atoms with Crippen molar-refractivity contribution >= 4 is 0 Å². The van der Waals surface area contributed by atoms with Gasteiger partial charge in [-0.2, -0.15) is 0 Å². The number of hydrogen-bond donors (Lipinski definition) is 0. The molecule has 2 atom stereocenters. The van der Waals surface area contributed by atoms with Gasteiger partial charge in [0.05, 0.1) is 12.2 Å². The van der Waals surface area contributed by atoms with Crippen molar-refractivity contribution < 1.29 is 4.74 Å². The first-order valence-corrected chi connectivity index (χ1v) is 5.89. The molecular formula is C11H20N2O. The normalized spacial score (nSPS) is 40.9. The van der Waals surface area contributed by atoms with Gasteiger partial charge in [-0.15, -0.1) is 0 Å². The summed E-state index contributed by atoms with van der Waals surface area (Å²) in [6.07, 6.45) is 5.19. The zero-order valence-electron chi connectivity index (χ0n) is 8.98. The summed E-state index contributed by atoms with van der Waals surface area (Å²) in [5.41, 5.74) is 0. The van der Waals surface area contributed by atoms with Crippen LogP contribution in [0.1, 0.15) is 19.3 Å². The van der Waals surface area contributed by atoms with Gasteiger partial charge in [-0.3, -0.25) is 4.90 Å². The maximum absolute atomic E-state index is 5.67. The van der Waals surface area contributed by atoms with Gasteiger partial charge in [0.1, 0.15) is 0 Å². The minimum atomic E-state index is 0.577. The largest absolute Gasteiger partial charge is 0.372 e. The molecule has 3 heteroatoms. The molecule has 4 heterocycles. The van der Waals surface area contributed by atoms with Crippen LogP contribution in [0, 0.1) is 0 Å². The molecule has 0 aromatic carbocycles. The summed E-state index contributed by atoms with van der Waals surface area (Å²) in [6.45, 7) is 4.95. The first-order valence-electron chi connectivity index (χ1n) is 5.89. The van der Waals surface area contributed by atoms with Gasteiger partial charge in [-0.25, -0.2) is 0 Å². The molecule has 0 aromatic rings. The predicted octanol–water partition coefficient (Wildman–Crippen LogP) is 0.554. The zero-order valence-corrected chi connectivity index (χ0v) is 8.98. The number of hydrogen-bond acceptors (Lipinski definition) is 3. The van der Waals surface area contributed by atoms with Crippen molar-refractivity contribution in [1.29, 1.82) is 0 Å². The lowest BCUT2D eigenvalue weighted by Crippen LogP contribution is -2.60. The second-order valence-corrected chi connectivity index (χ2v) is 5.10. The third-order valence-electron chi connectivity index (χ3n) is 3.99. The van der Waals surface area contributed by atoms with E-state index in [4.69, 9.17) is 4.74 Å². The fraction of sp³-hybridized carbons (Fsp3) is 1.00. The molecule has 4 saturated heterocycles. The number of morpholine rings is 1. The number of likely N-dealkylation sites (tertiary alicyclic amines) is 1. The average Bonchev–Trinajstić information content (AvgIpc) is 2.18. The van der Waals surface area contributed by atoms with Crippen LogP contribution in [0.3, 0.4) is 0 Å². The van der Waals surface area contributed by atoms with Crippen LogP contribution in [0.2, 0.25) is 0 Å². The van der Waals surface area contributed by atoms with Gasteiger partial charge < -0.3 is 9.64 Å². The summed E-state index contributed by atoms with van der Waals surface area (Å²) >= 11 is 0. The summed E-state index contributed by atoms with van der Waals surface area (Å²) in [5, 5.41) is 0. The minimum Gasteiger partial charge on any atom is -0.372 e. The van der Waals surface area contributed by atoms with Crippen LogP contribution >= 0.6 is 0 Å². The molecule has 0 aliphatic carbocycles. The van der Waals surface area contributed by atoms with E-state index in [9.17, 15) is 0 Å².